The number of rotatable bonds is 4. The van der Waals surface area contributed by atoms with Crippen LogP contribution in [0.4, 0.5) is 5.69 Å². The van der Waals surface area contributed by atoms with Gasteiger partial charge in [-0.25, -0.2) is 0 Å². The van der Waals surface area contributed by atoms with Crippen molar-refractivity contribution in [3.63, 3.8) is 0 Å². The highest BCUT2D eigenvalue weighted by molar-refractivity contribution is 5.50. The quantitative estimate of drug-likeness (QED) is 0.843. The summed E-state index contributed by atoms with van der Waals surface area (Å²) in [5.74, 6) is 0. The number of nitrogens with zero attached hydrogens (tertiary/aromatic N) is 1. The maximum atomic E-state index is 5.57. The van der Waals surface area contributed by atoms with Crippen LogP contribution >= 0.6 is 0 Å². The Morgan fingerprint density at radius 3 is 2.59 bits per heavy atom. The van der Waals surface area contributed by atoms with Crippen LogP contribution in [0.5, 0.6) is 0 Å². The van der Waals surface area contributed by atoms with Crippen molar-refractivity contribution in [2.75, 3.05) is 5.32 Å². The van der Waals surface area contributed by atoms with Crippen molar-refractivity contribution in [1.29, 1.82) is 0 Å². The van der Waals surface area contributed by atoms with E-state index in [0.29, 0.717) is 6.54 Å². The summed E-state index contributed by atoms with van der Waals surface area (Å²) in [6, 6.07) is 14.2. The molecule has 2 rings (SSSR count). The lowest BCUT2D eigenvalue weighted by atomic mass is 10.2. The molecular weight excluding hydrogens is 210 g/mol. The van der Waals surface area contributed by atoms with E-state index in [1.165, 1.54) is 5.56 Å². The van der Waals surface area contributed by atoms with Crippen LogP contribution in [0.3, 0.4) is 0 Å². The fourth-order valence-corrected chi connectivity index (χ4v) is 1.70. The minimum atomic E-state index is 0.484. The number of nitrogens with two attached hydrogens (primary N) is 1. The number of aromatic nitrogens is 1. The highest BCUT2D eigenvalue weighted by atomic mass is 14.9. The van der Waals surface area contributed by atoms with Crippen molar-refractivity contribution in [2.45, 2.75) is 20.0 Å². The number of hydrogen-bond acceptors (Lipinski definition) is 3. The van der Waals surface area contributed by atoms with Crippen LogP contribution in [0.2, 0.25) is 0 Å². The Bertz CT molecular complexity index is 494. The maximum Gasteiger partial charge on any atom is 0.0598 e. The zero-order valence-corrected chi connectivity index (χ0v) is 9.98. The van der Waals surface area contributed by atoms with Gasteiger partial charge in [0.15, 0.2) is 0 Å². The fraction of sp³-hybridized carbons (Fsp3) is 0.214. The van der Waals surface area contributed by atoms with Gasteiger partial charge in [0.2, 0.25) is 0 Å². The molecule has 2 aromatic rings. The van der Waals surface area contributed by atoms with Gasteiger partial charge in [-0.05, 0) is 30.7 Å². The lowest BCUT2D eigenvalue weighted by molar-refractivity contribution is 0.936. The molecule has 0 saturated heterocycles. The van der Waals surface area contributed by atoms with Crippen molar-refractivity contribution >= 4 is 5.69 Å². The molecule has 1 heterocycles. The van der Waals surface area contributed by atoms with Crippen LogP contribution in [0, 0.1) is 6.92 Å². The van der Waals surface area contributed by atoms with Crippen LogP contribution in [0.15, 0.2) is 42.5 Å². The lowest BCUT2D eigenvalue weighted by Crippen LogP contribution is -2.06. The second-order valence-electron chi connectivity index (χ2n) is 3.99. The van der Waals surface area contributed by atoms with E-state index < -0.39 is 0 Å². The molecule has 88 valence electrons. The first kappa shape index (κ1) is 11.6. The van der Waals surface area contributed by atoms with Crippen molar-refractivity contribution in [2.24, 2.45) is 5.73 Å². The third-order valence-electron chi connectivity index (χ3n) is 2.68. The summed E-state index contributed by atoms with van der Waals surface area (Å²) in [5.41, 5.74) is 9.89. The summed E-state index contributed by atoms with van der Waals surface area (Å²) < 4.78 is 0. The molecule has 0 spiro atoms. The standard InChI is InChI=1S/C14H17N3/c1-11-5-2-3-8-14(11)16-10-13-7-4-6-12(9-15)17-13/h2-8,16H,9-10,15H2,1H3. The molecular formula is C14H17N3. The number of pyridine rings is 1. The number of aryl methyl sites for hydroxylation is 1. The zero-order chi connectivity index (χ0) is 12.1. The molecule has 3 nitrogen and oxygen atoms in total. The molecule has 0 amide bonds. The van der Waals surface area contributed by atoms with Gasteiger partial charge in [0.25, 0.3) is 0 Å². The number of para-hydroxylation sites is 1. The molecule has 0 aliphatic heterocycles. The van der Waals surface area contributed by atoms with Gasteiger partial charge >= 0.3 is 0 Å². The average Bonchev–Trinajstić information content (AvgIpc) is 2.38. The third-order valence-corrected chi connectivity index (χ3v) is 2.68. The van der Waals surface area contributed by atoms with Crippen LogP contribution in [0.25, 0.3) is 0 Å². The van der Waals surface area contributed by atoms with E-state index in [1.54, 1.807) is 0 Å². The Morgan fingerprint density at radius 2 is 1.82 bits per heavy atom. The SMILES string of the molecule is Cc1ccccc1NCc1cccc(CN)n1. The predicted octanol–water partition coefficient (Wildman–Crippen LogP) is 2.46. The summed E-state index contributed by atoms with van der Waals surface area (Å²) >= 11 is 0. The Balaban J connectivity index is 2.05. The van der Waals surface area contributed by atoms with E-state index in [0.717, 1.165) is 23.6 Å². The number of hydrogen-bond donors (Lipinski definition) is 2. The molecule has 0 aliphatic carbocycles. The van der Waals surface area contributed by atoms with Gasteiger partial charge in [0.05, 0.1) is 17.9 Å². The van der Waals surface area contributed by atoms with Crippen LogP contribution in [-0.4, -0.2) is 4.98 Å². The summed E-state index contributed by atoms with van der Waals surface area (Å²) in [6.45, 7) is 3.29. The predicted molar refractivity (Wildman–Crippen MR) is 70.6 cm³/mol. The van der Waals surface area contributed by atoms with Gasteiger partial charge in [-0.15, -0.1) is 0 Å². The molecule has 1 aromatic heterocycles. The second-order valence-corrected chi connectivity index (χ2v) is 3.99. The first-order chi connectivity index (χ1) is 8.29. The molecule has 0 unspecified atom stereocenters. The van der Waals surface area contributed by atoms with Gasteiger partial charge in [-0.2, -0.15) is 0 Å². The topological polar surface area (TPSA) is 50.9 Å². The lowest BCUT2D eigenvalue weighted by Gasteiger charge is -2.09. The monoisotopic (exact) mass is 227 g/mol. The number of nitrogens with one attached hydrogen (secondary N) is 1. The van der Waals surface area contributed by atoms with E-state index in [4.69, 9.17) is 5.73 Å². The van der Waals surface area contributed by atoms with E-state index in [1.807, 2.05) is 30.3 Å². The first-order valence-corrected chi connectivity index (χ1v) is 5.74. The molecule has 0 radical (unpaired) electrons. The van der Waals surface area contributed by atoms with Gasteiger partial charge < -0.3 is 11.1 Å². The van der Waals surface area contributed by atoms with Crippen LogP contribution in [-0.2, 0) is 13.1 Å². The van der Waals surface area contributed by atoms with Gasteiger partial charge in [0, 0.05) is 12.2 Å². The second kappa shape index (κ2) is 5.46. The van der Waals surface area contributed by atoms with Crippen molar-refractivity contribution < 1.29 is 0 Å². The van der Waals surface area contributed by atoms with Crippen molar-refractivity contribution in [3.05, 3.63) is 59.4 Å². The largest absolute Gasteiger partial charge is 0.379 e. The zero-order valence-electron chi connectivity index (χ0n) is 9.98. The Hall–Kier alpha value is -1.87. The minimum absolute atomic E-state index is 0.484. The normalized spacial score (nSPS) is 10.2. The van der Waals surface area contributed by atoms with E-state index in [-0.39, 0.29) is 0 Å². The average molecular weight is 227 g/mol. The summed E-state index contributed by atoms with van der Waals surface area (Å²) in [4.78, 5) is 4.45. The Kier molecular flexibility index (Phi) is 3.73. The minimum Gasteiger partial charge on any atom is -0.379 e. The van der Waals surface area contributed by atoms with Crippen LogP contribution in [0.1, 0.15) is 17.0 Å². The van der Waals surface area contributed by atoms with Crippen molar-refractivity contribution in [3.8, 4) is 0 Å². The molecule has 0 fully saturated rings. The maximum absolute atomic E-state index is 5.57. The summed E-state index contributed by atoms with van der Waals surface area (Å²) in [6.07, 6.45) is 0. The molecule has 0 bridgehead atoms. The molecule has 1 aromatic carbocycles. The smallest absolute Gasteiger partial charge is 0.0598 e. The summed E-state index contributed by atoms with van der Waals surface area (Å²) in [5, 5.41) is 3.38. The van der Waals surface area contributed by atoms with Crippen molar-refractivity contribution in [1.82, 2.24) is 4.98 Å². The molecule has 17 heavy (non-hydrogen) atoms. The van der Waals surface area contributed by atoms with E-state index >= 15 is 0 Å². The molecule has 0 saturated carbocycles. The highest BCUT2D eigenvalue weighted by Crippen LogP contribution is 2.14. The summed E-state index contributed by atoms with van der Waals surface area (Å²) in [7, 11) is 0. The fourth-order valence-electron chi connectivity index (χ4n) is 1.70. The van der Waals surface area contributed by atoms with Gasteiger partial charge in [-0.3, -0.25) is 4.98 Å². The first-order valence-electron chi connectivity index (χ1n) is 5.74. The number of benzene rings is 1. The van der Waals surface area contributed by atoms with E-state index in [9.17, 15) is 0 Å². The third kappa shape index (κ3) is 3.04. The van der Waals surface area contributed by atoms with Gasteiger partial charge in [0.1, 0.15) is 0 Å². The van der Waals surface area contributed by atoms with Gasteiger partial charge in [-0.1, -0.05) is 24.3 Å². The van der Waals surface area contributed by atoms with E-state index in [2.05, 4.69) is 29.4 Å². The van der Waals surface area contributed by atoms with Crippen LogP contribution < -0.4 is 11.1 Å². The number of anilines is 1. The molecule has 3 N–H and O–H groups in total. The highest BCUT2D eigenvalue weighted by Gasteiger charge is 1.98. The molecule has 0 aliphatic rings. The Morgan fingerprint density at radius 1 is 1.06 bits per heavy atom. The molecule has 3 heteroatoms. The Labute approximate surface area is 102 Å². The molecule has 0 atom stereocenters.